The Kier molecular flexibility index (Phi) is 9.56. The Balaban J connectivity index is 0.000000644. The molecule has 0 saturated heterocycles. The lowest BCUT2D eigenvalue weighted by Crippen LogP contribution is -2.38. The normalized spacial score (nSPS) is 16.8. The van der Waals surface area contributed by atoms with Gasteiger partial charge in [0.15, 0.2) is 11.4 Å². The van der Waals surface area contributed by atoms with Crippen LogP contribution in [-0.2, 0) is 0 Å². The number of aromatic nitrogens is 2. The van der Waals surface area contributed by atoms with Crippen LogP contribution in [0.25, 0.3) is 5.65 Å². The van der Waals surface area contributed by atoms with Crippen LogP contribution in [0.5, 0.6) is 0 Å². The van der Waals surface area contributed by atoms with Gasteiger partial charge in [-0.3, -0.25) is 4.79 Å². The molecule has 0 bridgehead atoms. The zero-order valence-electron chi connectivity index (χ0n) is 18.9. The molecule has 0 unspecified atom stereocenters. The molecule has 0 aliphatic carbocycles. The van der Waals surface area contributed by atoms with Gasteiger partial charge in [0.25, 0.3) is 0 Å². The maximum atomic E-state index is 12.6. The zero-order chi connectivity index (χ0) is 22.1. The minimum Gasteiger partial charge on any atom is -0.382 e. The summed E-state index contributed by atoms with van der Waals surface area (Å²) in [5, 5.41) is 13.8. The SMILES string of the molecule is CC.CC.CC.Cc1nc2c3c(ccn2c1C)C(=O)[C@H](O)[C@@H](c1ccccc1)N3. The number of benzene rings is 1. The van der Waals surface area contributed by atoms with E-state index in [1.54, 1.807) is 6.07 Å². The lowest BCUT2D eigenvalue weighted by atomic mass is 9.90. The van der Waals surface area contributed by atoms with Crippen molar-refractivity contribution in [2.75, 3.05) is 5.32 Å². The highest BCUT2D eigenvalue weighted by molar-refractivity contribution is 6.09. The first-order chi connectivity index (χ1) is 14.1. The van der Waals surface area contributed by atoms with E-state index in [0.29, 0.717) is 11.3 Å². The van der Waals surface area contributed by atoms with Crippen molar-refractivity contribution in [2.24, 2.45) is 0 Å². The average molecular weight is 398 g/mol. The first-order valence-corrected chi connectivity index (χ1v) is 10.6. The van der Waals surface area contributed by atoms with Crippen molar-refractivity contribution in [3.05, 3.63) is 65.1 Å². The van der Waals surface area contributed by atoms with E-state index in [1.807, 2.05) is 96.3 Å². The van der Waals surface area contributed by atoms with E-state index in [9.17, 15) is 9.90 Å². The number of pyridine rings is 1. The van der Waals surface area contributed by atoms with Crippen LogP contribution in [0.3, 0.4) is 0 Å². The molecular formula is C24H35N3O2. The van der Waals surface area contributed by atoms with Gasteiger partial charge >= 0.3 is 0 Å². The monoisotopic (exact) mass is 397 g/mol. The van der Waals surface area contributed by atoms with Gasteiger partial charge in [-0.2, -0.15) is 0 Å². The number of ketones is 1. The van der Waals surface area contributed by atoms with Gasteiger partial charge in [-0.1, -0.05) is 71.9 Å². The number of nitrogens with one attached hydrogen (secondary N) is 1. The third kappa shape index (κ3) is 4.67. The Morgan fingerprint density at radius 1 is 0.966 bits per heavy atom. The fourth-order valence-electron chi connectivity index (χ4n) is 3.16. The molecule has 5 nitrogen and oxygen atoms in total. The molecule has 3 aromatic rings. The molecule has 2 atom stereocenters. The lowest BCUT2D eigenvalue weighted by Gasteiger charge is -2.31. The Morgan fingerprint density at radius 3 is 2.14 bits per heavy atom. The van der Waals surface area contributed by atoms with E-state index < -0.39 is 12.1 Å². The number of fused-ring (bicyclic) bond motifs is 3. The van der Waals surface area contributed by atoms with Gasteiger partial charge in [0.2, 0.25) is 0 Å². The molecule has 0 amide bonds. The molecule has 0 radical (unpaired) electrons. The summed E-state index contributed by atoms with van der Waals surface area (Å²) >= 11 is 0. The summed E-state index contributed by atoms with van der Waals surface area (Å²) in [7, 11) is 0. The lowest BCUT2D eigenvalue weighted by molar-refractivity contribution is 0.0695. The molecule has 4 rings (SSSR count). The van der Waals surface area contributed by atoms with Gasteiger partial charge in [0, 0.05) is 17.5 Å². The van der Waals surface area contributed by atoms with Crippen LogP contribution < -0.4 is 5.32 Å². The Bertz CT molecular complexity index is 917. The number of hydrogen-bond donors (Lipinski definition) is 2. The quantitative estimate of drug-likeness (QED) is 0.549. The van der Waals surface area contributed by atoms with Crippen LogP contribution in [0.1, 0.15) is 74.9 Å². The second kappa shape index (κ2) is 11.4. The van der Waals surface area contributed by atoms with Gasteiger partial charge in [0.05, 0.1) is 17.4 Å². The minimum absolute atomic E-state index is 0.270. The van der Waals surface area contributed by atoms with Crippen LogP contribution in [0.4, 0.5) is 5.69 Å². The Hall–Kier alpha value is -2.66. The minimum atomic E-state index is -1.11. The average Bonchev–Trinajstić information content (AvgIpc) is 3.09. The molecule has 1 aromatic carbocycles. The number of hydrogen-bond acceptors (Lipinski definition) is 4. The molecule has 0 saturated carbocycles. The Morgan fingerprint density at radius 2 is 1.55 bits per heavy atom. The van der Waals surface area contributed by atoms with Crippen LogP contribution in [0.2, 0.25) is 0 Å². The van der Waals surface area contributed by atoms with E-state index >= 15 is 0 Å². The van der Waals surface area contributed by atoms with E-state index in [4.69, 9.17) is 0 Å². The van der Waals surface area contributed by atoms with Crippen LogP contribution in [-0.4, -0.2) is 26.4 Å². The number of carbonyl (C=O) groups excluding carboxylic acids is 1. The summed E-state index contributed by atoms with van der Waals surface area (Å²) < 4.78 is 1.97. The summed E-state index contributed by atoms with van der Waals surface area (Å²) in [4.78, 5) is 17.2. The second-order valence-corrected chi connectivity index (χ2v) is 5.92. The summed E-state index contributed by atoms with van der Waals surface area (Å²) in [5.41, 5.74) is 4.74. The Labute approximate surface area is 174 Å². The number of aliphatic hydroxyl groups is 1. The molecule has 0 fully saturated rings. The molecular weight excluding hydrogens is 362 g/mol. The molecule has 1 aliphatic rings. The van der Waals surface area contributed by atoms with Crippen molar-refractivity contribution >= 4 is 17.1 Å². The van der Waals surface area contributed by atoms with E-state index in [1.165, 1.54) is 0 Å². The largest absolute Gasteiger partial charge is 0.382 e. The molecule has 5 heteroatoms. The summed E-state index contributed by atoms with van der Waals surface area (Å²) in [5.74, 6) is -0.270. The molecule has 29 heavy (non-hydrogen) atoms. The molecule has 2 aromatic heterocycles. The molecule has 2 N–H and O–H groups in total. The van der Waals surface area contributed by atoms with Gasteiger partial charge in [-0.15, -0.1) is 0 Å². The smallest absolute Gasteiger partial charge is 0.196 e. The van der Waals surface area contributed by atoms with E-state index in [0.717, 1.165) is 22.6 Å². The highest BCUT2D eigenvalue weighted by atomic mass is 16.3. The number of carbonyl (C=O) groups is 1. The van der Waals surface area contributed by atoms with Crippen LogP contribution in [0, 0.1) is 13.8 Å². The molecule has 158 valence electrons. The standard InChI is InChI=1S/C18H17N3O2.3C2H6/c1-10-11(2)21-9-8-13-15(18(21)19-10)20-14(17(23)16(13)22)12-6-4-3-5-7-12;3*1-2/h3-9,14,17,20,23H,1-2H3;3*1-2H3/t14-,17-;;;/m1.../s1. The zero-order valence-corrected chi connectivity index (χ0v) is 18.9. The third-order valence-electron chi connectivity index (χ3n) is 4.58. The number of aryl methyl sites for hydroxylation is 2. The molecule has 1 aliphatic heterocycles. The third-order valence-corrected chi connectivity index (χ3v) is 4.58. The molecule has 3 heterocycles. The summed E-state index contributed by atoms with van der Waals surface area (Å²) in [6, 6.07) is 10.8. The fourth-order valence-corrected chi connectivity index (χ4v) is 3.16. The number of nitrogens with zero attached hydrogens (tertiary/aromatic N) is 2. The summed E-state index contributed by atoms with van der Waals surface area (Å²) in [6.07, 6.45) is 0.725. The van der Waals surface area contributed by atoms with Gasteiger partial charge in [-0.05, 0) is 25.5 Å². The van der Waals surface area contributed by atoms with Gasteiger partial charge in [-0.25, -0.2) is 4.98 Å². The van der Waals surface area contributed by atoms with E-state index in [2.05, 4.69) is 10.3 Å². The number of Topliss-reactive ketones (excluding diaryl/α,β-unsaturated/α-hetero) is 1. The van der Waals surface area contributed by atoms with Crippen molar-refractivity contribution in [3.8, 4) is 0 Å². The number of aliphatic hydroxyl groups excluding tert-OH is 1. The summed E-state index contributed by atoms with van der Waals surface area (Å²) in [6.45, 7) is 15.9. The van der Waals surface area contributed by atoms with E-state index in [-0.39, 0.29) is 5.78 Å². The van der Waals surface area contributed by atoms with Gasteiger partial charge < -0.3 is 14.8 Å². The van der Waals surface area contributed by atoms with Gasteiger partial charge in [0.1, 0.15) is 6.10 Å². The second-order valence-electron chi connectivity index (χ2n) is 5.92. The highest BCUT2D eigenvalue weighted by Crippen LogP contribution is 2.35. The number of imidazole rings is 1. The predicted molar refractivity (Wildman–Crippen MR) is 122 cm³/mol. The van der Waals surface area contributed by atoms with Crippen molar-refractivity contribution in [2.45, 2.75) is 67.5 Å². The van der Waals surface area contributed by atoms with Crippen molar-refractivity contribution in [3.63, 3.8) is 0 Å². The fraction of sp³-hybridized carbons (Fsp3) is 0.417. The van der Waals surface area contributed by atoms with Crippen molar-refractivity contribution in [1.82, 2.24) is 9.38 Å². The van der Waals surface area contributed by atoms with Crippen molar-refractivity contribution < 1.29 is 9.90 Å². The maximum absolute atomic E-state index is 12.6. The maximum Gasteiger partial charge on any atom is 0.196 e. The first kappa shape index (κ1) is 24.4. The number of rotatable bonds is 1. The first-order valence-electron chi connectivity index (χ1n) is 10.6. The van der Waals surface area contributed by atoms with Crippen LogP contribution >= 0.6 is 0 Å². The molecule has 0 spiro atoms. The van der Waals surface area contributed by atoms with Crippen LogP contribution in [0.15, 0.2) is 42.6 Å². The topological polar surface area (TPSA) is 66.6 Å². The predicted octanol–water partition coefficient (Wildman–Crippen LogP) is 5.74. The number of anilines is 1. The highest BCUT2D eigenvalue weighted by Gasteiger charge is 2.36. The van der Waals surface area contributed by atoms with Crippen molar-refractivity contribution in [1.29, 1.82) is 0 Å².